The first-order valence-electron chi connectivity index (χ1n) is 3.26. The Hall–Kier alpha value is -0.931. The molecule has 2 rings (SSSR count). The molecule has 2 aromatic rings. The molecule has 1 aromatic carbocycles. The van der Waals surface area contributed by atoms with Gasteiger partial charge in [-0.2, -0.15) is 0 Å². The number of para-hydroxylation sites is 1. The third-order valence-electron chi connectivity index (χ3n) is 1.51. The summed E-state index contributed by atoms with van der Waals surface area (Å²) >= 11 is 0. The van der Waals surface area contributed by atoms with Crippen LogP contribution in [0.15, 0.2) is 42.6 Å². The van der Waals surface area contributed by atoms with E-state index >= 15 is 0 Å². The number of hydrogen-bond donors (Lipinski definition) is 0. The Kier molecular flexibility index (Phi) is 7.37. The zero-order valence-corrected chi connectivity index (χ0v) is 7.73. The predicted molar refractivity (Wildman–Crippen MR) is 49.0 cm³/mol. The molecule has 0 fully saturated rings. The van der Waals surface area contributed by atoms with Gasteiger partial charge in [0.15, 0.2) is 0 Å². The fraction of sp³-hybridized carbons (Fsp3) is 0. The number of pyridine rings is 1. The van der Waals surface area contributed by atoms with Crippen molar-refractivity contribution < 1.29 is 28.0 Å². The molecule has 4 N–H and O–H groups in total. The molecule has 1 radical (unpaired) electrons. The second kappa shape index (κ2) is 6.57. The van der Waals surface area contributed by atoms with Crippen molar-refractivity contribution in [1.29, 1.82) is 0 Å². The molecule has 0 saturated carbocycles. The molecule has 0 saturated heterocycles. The summed E-state index contributed by atoms with van der Waals surface area (Å²) in [5.74, 6) is 0. The van der Waals surface area contributed by atoms with Crippen molar-refractivity contribution in [2.24, 2.45) is 0 Å². The van der Waals surface area contributed by atoms with E-state index in [0.717, 1.165) is 5.52 Å². The summed E-state index contributed by atoms with van der Waals surface area (Å²) in [6.07, 6.45) is 1.81. The van der Waals surface area contributed by atoms with Gasteiger partial charge in [-0.3, -0.25) is 4.98 Å². The molecule has 0 bridgehead atoms. The molecule has 3 nitrogen and oxygen atoms in total. The van der Waals surface area contributed by atoms with Crippen molar-refractivity contribution in [3.63, 3.8) is 0 Å². The summed E-state index contributed by atoms with van der Waals surface area (Å²) < 4.78 is 0. The number of hydrogen-bond acceptors (Lipinski definition) is 1. The number of fused-ring (bicyclic) bond motifs is 1. The van der Waals surface area contributed by atoms with Crippen LogP contribution in [-0.2, 0) is 17.1 Å². The fourth-order valence-corrected chi connectivity index (χ4v) is 1.02. The van der Waals surface area contributed by atoms with Crippen molar-refractivity contribution in [3.05, 3.63) is 42.6 Å². The standard InChI is InChI=1S/C9H7N.Cu.2H2O/c1-2-6-9-8(4-1)5-3-7-10-9;;;/h1-7H;;2*1H2. The Morgan fingerprint density at radius 3 is 2.15 bits per heavy atom. The predicted octanol–water partition coefficient (Wildman–Crippen LogP) is 0.583. The molecule has 75 valence electrons. The maximum Gasteiger partial charge on any atom is 0.0701 e. The van der Waals surface area contributed by atoms with Crippen LogP contribution in [-0.4, -0.2) is 15.9 Å². The van der Waals surface area contributed by atoms with Gasteiger partial charge in [-0.1, -0.05) is 24.3 Å². The summed E-state index contributed by atoms with van der Waals surface area (Å²) in [6, 6.07) is 12.1. The average Bonchev–Trinajstić information content (AvgIpc) is 2.05. The zero-order valence-electron chi connectivity index (χ0n) is 6.79. The van der Waals surface area contributed by atoms with E-state index in [-0.39, 0.29) is 28.0 Å². The minimum atomic E-state index is 0. The van der Waals surface area contributed by atoms with Crippen molar-refractivity contribution in [1.82, 2.24) is 4.98 Å². The molecule has 1 aromatic heterocycles. The van der Waals surface area contributed by atoms with E-state index in [4.69, 9.17) is 0 Å². The fourth-order valence-electron chi connectivity index (χ4n) is 1.02. The first kappa shape index (κ1) is 14.6. The molecule has 0 atom stereocenters. The smallest absolute Gasteiger partial charge is 0.0701 e. The Labute approximate surface area is 86.9 Å². The summed E-state index contributed by atoms with van der Waals surface area (Å²) in [5, 5.41) is 1.20. The van der Waals surface area contributed by atoms with Crippen LogP contribution in [0.3, 0.4) is 0 Å². The molecule has 0 aliphatic carbocycles. The van der Waals surface area contributed by atoms with Gasteiger partial charge in [-0.15, -0.1) is 0 Å². The van der Waals surface area contributed by atoms with Crippen LogP contribution >= 0.6 is 0 Å². The van der Waals surface area contributed by atoms with Gasteiger partial charge >= 0.3 is 0 Å². The molecular weight excluding hydrogens is 218 g/mol. The van der Waals surface area contributed by atoms with Gasteiger partial charge in [0, 0.05) is 28.7 Å². The number of benzene rings is 1. The van der Waals surface area contributed by atoms with Crippen LogP contribution in [0, 0.1) is 0 Å². The van der Waals surface area contributed by atoms with E-state index in [1.807, 2.05) is 30.5 Å². The Morgan fingerprint density at radius 2 is 1.46 bits per heavy atom. The van der Waals surface area contributed by atoms with Crippen LogP contribution in [0.25, 0.3) is 10.9 Å². The first-order valence-corrected chi connectivity index (χ1v) is 3.26. The minimum absolute atomic E-state index is 0. The molecule has 1 heterocycles. The van der Waals surface area contributed by atoms with Gasteiger partial charge in [0.2, 0.25) is 0 Å². The Balaban J connectivity index is 0. The maximum absolute atomic E-state index is 4.18. The Bertz CT molecular complexity index is 289. The normalized spacial score (nSPS) is 7.69. The molecule has 0 aliphatic heterocycles. The van der Waals surface area contributed by atoms with Crippen LogP contribution < -0.4 is 0 Å². The zero-order chi connectivity index (χ0) is 6.81. The molecule has 0 amide bonds. The molecule has 0 aliphatic rings. The van der Waals surface area contributed by atoms with Crippen LogP contribution in [0.4, 0.5) is 0 Å². The third-order valence-corrected chi connectivity index (χ3v) is 1.51. The summed E-state index contributed by atoms with van der Waals surface area (Å²) in [7, 11) is 0. The van der Waals surface area contributed by atoms with Crippen LogP contribution in [0.2, 0.25) is 0 Å². The van der Waals surface area contributed by atoms with E-state index < -0.39 is 0 Å². The van der Waals surface area contributed by atoms with Gasteiger partial charge in [0.05, 0.1) is 5.52 Å². The monoisotopic (exact) mass is 228 g/mol. The van der Waals surface area contributed by atoms with E-state index in [2.05, 4.69) is 17.1 Å². The van der Waals surface area contributed by atoms with E-state index in [9.17, 15) is 0 Å². The molecule has 0 spiro atoms. The average molecular weight is 229 g/mol. The van der Waals surface area contributed by atoms with E-state index in [1.54, 1.807) is 0 Å². The molecular formula is C9H11CuNO2. The van der Waals surface area contributed by atoms with Gasteiger partial charge in [0.1, 0.15) is 0 Å². The summed E-state index contributed by atoms with van der Waals surface area (Å²) in [5.41, 5.74) is 1.06. The number of aromatic nitrogens is 1. The third kappa shape index (κ3) is 3.13. The quantitative estimate of drug-likeness (QED) is 0.608. The number of rotatable bonds is 0. The SMILES string of the molecule is O.O.[Cu].c1ccc2ncccc2c1. The van der Waals surface area contributed by atoms with Crippen molar-refractivity contribution >= 4 is 10.9 Å². The van der Waals surface area contributed by atoms with E-state index in [1.165, 1.54) is 5.39 Å². The van der Waals surface area contributed by atoms with Crippen molar-refractivity contribution in [3.8, 4) is 0 Å². The second-order valence-electron chi connectivity index (χ2n) is 2.20. The topological polar surface area (TPSA) is 75.9 Å². The van der Waals surface area contributed by atoms with Crippen LogP contribution in [0.5, 0.6) is 0 Å². The van der Waals surface area contributed by atoms with Gasteiger partial charge < -0.3 is 11.0 Å². The van der Waals surface area contributed by atoms with Gasteiger partial charge in [0.25, 0.3) is 0 Å². The van der Waals surface area contributed by atoms with Crippen molar-refractivity contribution in [2.45, 2.75) is 0 Å². The van der Waals surface area contributed by atoms with Gasteiger partial charge in [-0.05, 0) is 12.1 Å². The Morgan fingerprint density at radius 1 is 0.846 bits per heavy atom. The van der Waals surface area contributed by atoms with E-state index in [0.29, 0.717) is 0 Å². The summed E-state index contributed by atoms with van der Waals surface area (Å²) in [6.45, 7) is 0. The van der Waals surface area contributed by atoms with Crippen molar-refractivity contribution in [2.75, 3.05) is 0 Å². The maximum atomic E-state index is 4.18. The summed E-state index contributed by atoms with van der Waals surface area (Å²) in [4.78, 5) is 4.18. The minimum Gasteiger partial charge on any atom is -0.412 e. The largest absolute Gasteiger partial charge is 0.412 e. The van der Waals surface area contributed by atoms with Crippen LogP contribution in [0.1, 0.15) is 0 Å². The first-order chi connectivity index (χ1) is 4.97. The molecule has 0 unspecified atom stereocenters. The second-order valence-corrected chi connectivity index (χ2v) is 2.20. The molecule has 13 heavy (non-hydrogen) atoms. The number of nitrogens with zero attached hydrogens (tertiary/aromatic N) is 1. The van der Waals surface area contributed by atoms with Gasteiger partial charge in [-0.25, -0.2) is 0 Å². The molecule has 4 heteroatoms.